The molecule has 0 aromatic heterocycles. The van der Waals surface area contributed by atoms with Crippen molar-refractivity contribution in [3.8, 4) is 0 Å². The number of alkyl halides is 1. The summed E-state index contributed by atoms with van der Waals surface area (Å²) >= 11 is 5.64. The molecule has 1 aromatic carbocycles. The van der Waals surface area contributed by atoms with Gasteiger partial charge >= 0.3 is 0 Å². The highest BCUT2D eigenvalue weighted by Crippen LogP contribution is 2.14. The fourth-order valence-corrected chi connectivity index (χ4v) is 1.59. The number of aryl methyl sites for hydroxylation is 1. The van der Waals surface area contributed by atoms with Gasteiger partial charge in [-0.15, -0.1) is 11.6 Å². The Bertz CT molecular complexity index is 365. The smallest absolute Gasteiger partial charge is 0.224 e. The van der Waals surface area contributed by atoms with E-state index in [4.69, 9.17) is 11.6 Å². The third-order valence-corrected chi connectivity index (χ3v) is 3.04. The van der Waals surface area contributed by atoms with E-state index in [1.807, 2.05) is 39.0 Å². The SMILES string of the molecule is Cc1cccc([C@@H](C)NC(=O)C(C)CCl)c1. The molecule has 3 heteroatoms. The average Bonchev–Trinajstić information content (AvgIpc) is 2.27. The molecule has 0 aliphatic rings. The van der Waals surface area contributed by atoms with Gasteiger partial charge in [0.05, 0.1) is 6.04 Å². The third kappa shape index (κ3) is 3.53. The Labute approximate surface area is 102 Å². The molecule has 0 fully saturated rings. The Morgan fingerprint density at radius 3 is 2.69 bits per heavy atom. The molecule has 0 saturated carbocycles. The fraction of sp³-hybridized carbons (Fsp3) is 0.462. The first-order chi connectivity index (χ1) is 7.54. The zero-order valence-corrected chi connectivity index (χ0v) is 10.7. The normalized spacial score (nSPS) is 14.2. The van der Waals surface area contributed by atoms with Gasteiger partial charge in [0.15, 0.2) is 0 Å². The lowest BCUT2D eigenvalue weighted by Crippen LogP contribution is -2.32. The van der Waals surface area contributed by atoms with Crippen LogP contribution in [-0.4, -0.2) is 11.8 Å². The molecule has 2 nitrogen and oxygen atoms in total. The van der Waals surface area contributed by atoms with Crippen LogP contribution >= 0.6 is 11.6 Å². The molecule has 0 heterocycles. The lowest BCUT2D eigenvalue weighted by Gasteiger charge is -2.17. The first-order valence-corrected chi connectivity index (χ1v) is 6.01. The highest BCUT2D eigenvalue weighted by Gasteiger charge is 2.14. The van der Waals surface area contributed by atoms with Crippen LogP contribution in [0.15, 0.2) is 24.3 Å². The number of benzene rings is 1. The maximum absolute atomic E-state index is 11.6. The van der Waals surface area contributed by atoms with Crippen molar-refractivity contribution >= 4 is 17.5 Å². The molecule has 0 aliphatic carbocycles. The van der Waals surface area contributed by atoms with Gasteiger partial charge in [-0.2, -0.15) is 0 Å². The van der Waals surface area contributed by atoms with Crippen molar-refractivity contribution in [2.75, 3.05) is 5.88 Å². The van der Waals surface area contributed by atoms with Gasteiger partial charge in [-0.3, -0.25) is 4.79 Å². The highest BCUT2D eigenvalue weighted by atomic mass is 35.5. The van der Waals surface area contributed by atoms with Gasteiger partial charge in [-0.1, -0.05) is 36.8 Å². The van der Waals surface area contributed by atoms with Gasteiger partial charge in [0.1, 0.15) is 0 Å². The predicted octanol–water partition coefficient (Wildman–Crippen LogP) is 3.05. The molecule has 2 atom stereocenters. The first kappa shape index (κ1) is 13.0. The predicted molar refractivity (Wildman–Crippen MR) is 67.6 cm³/mol. The van der Waals surface area contributed by atoms with Crippen LogP contribution < -0.4 is 5.32 Å². The van der Waals surface area contributed by atoms with E-state index in [-0.39, 0.29) is 17.9 Å². The summed E-state index contributed by atoms with van der Waals surface area (Å²) in [7, 11) is 0. The Balaban J connectivity index is 2.65. The summed E-state index contributed by atoms with van der Waals surface area (Å²) in [5.41, 5.74) is 2.32. The van der Waals surface area contributed by atoms with Gasteiger partial charge in [0.25, 0.3) is 0 Å². The highest BCUT2D eigenvalue weighted by molar-refractivity contribution is 6.19. The lowest BCUT2D eigenvalue weighted by molar-refractivity contribution is -0.124. The summed E-state index contributed by atoms with van der Waals surface area (Å²) in [5.74, 6) is 0.213. The molecule has 1 aromatic rings. The fourth-order valence-electron chi connectivity index (χ4n) is 1.45. The van der Waals surface area contributed by atoms with Crippen LogP contribution in [0.5, 0.6) is 0 Å². The lowest BCUT2D eigenvalue weighted by atomic mass is 10.1. The first-order valence-electron chi connectivity index (χ1n) is 5.47. The number of halogens is 1. The Kier molecular flexibility index (Phi) is 4.81. The molecule has 0 radical (unpaired) electrons. The molecule has 0 aliphatic heterocycles. The maximum atomic E-state index is 11.6. The molecular formula is C13H18ClNO. The molecule has 0 saturated heterocycles. The quantitative estimate of drug-likeness (QED) is 0.804. The van der Waals surface area contributed by atoms with Crippen molar-refractivity contribution in [1.82, 2.24) is 5.32 Å². The maximum Gasteiger partial charge on any atom is 0.224 e. The molecule has 0 spiro atoms. The van der Waals surface area contributed by atoms with Gasteiger partial charge in [0, 0.05) is 11.8 Å². The van der Waals surface area contributed by atoms with Crippen molar-refractivity contribution in [3.63, 3.8) is 0 Å². The largest absolute Gasteiger partial charge is 0.349 e. The van der Waals surface area contributed by atoms with Crippen LogP contribution in [0.1, 0.15) is 31.0 Å². The van der Waals surface area contributed by atoms with E-state index in [9.17, 15) is 4.79 Å². The topological polar surface area (TPSA) is 29.1 Å². The minimum atomic E-state index is -0.145. The molecule has 1 unspecified atom stereocenters. The number of amides is 1. The van der Waals surface area contributed by atoms with Gasteiger partial charge in [0.2, 0.25) is 5.91 Å². The number of nitrogens with one attached hydrogen (secondary N) is 1. The zero-order chi connectivity index (χ0) is 12.1. The summed E-state index contributed by atoms with van der Waals surface area (Å²) in [6.07, 6.45) is 0. The van der Waals surface area contributed by atoms with Gasteiger partial charge < -0.3 is 5.32 Å². The number of hydrogen-bond donors (Lipinski definition) is 1. The Morgan fingerprint density at radius 2 is 2.12 bits per heavy atom. The van der Waals surface area contributed by atoms with E-state index in [2.05, 4.69) is 11.4 Å². The molecule has 88 valence electrons. The Hall–Kier alpha value is -1.02. The monoisotopic (exact) mass is 239 g/mol. The van der Waals surface area contributed by atoms with Gasteiger partial charge in [-0.25, -0.2) is 0 Å². The summed E-state index contributed by atoms with van der Waals surface area (Å²) in [6, 6.07) is 8.16. The number of carbonyl (C=O) groups is 1. The van der Waals surface area contributed by atoms with Crippen molar-refractivity contribution in [1.29, 1.82) is 0 Å². The van der Waals surface area contributed by atoms with Crippen LogP contribution in [0.4, 0.5) is 0 Å². The van der Waals surface area contributed by atoms with E-state index < -0.39 is 0 Å². The van der Waals surface area contributed by atoms with Crippen molar-refractivity contribution < 1.29 is 4.79 Å². The van der Waals surface area contributed by atoms with E-state index in [0.29, 0.717) is 5.88 Å². The molecule has 0 bridgehead atoms. The summed E-state index contributed by atoms with van der Waals surface area (Å²) in [4.78, 5) is 11.6. The number of carbonyl (C=O) groups excluding carboxylic acids is 1. The van der Waals surface area contributed by atoms with Crippen LogP contribution in [0.2, 0.25) is 0 Å². The minimum absolute atomic E-state index is 0.00371. The third-order valence-electron chi connectivity index (χ3n) is 2.58. The number of rotatable bonds is 4. The van der Waals surface area contributed by atoms with Crippen molar-refractivity contribution in [2.45, 2.75) is 26.8 Å². The minimum Gasteiger partial charge on any atom is -0.349 e. The molecule has 1 rings (SSSR count). The number of hydrogen-bond acceptors (Lipinski definition) is 1. The van der Waals surface area contributed by atoms with Gasteiger partial charge in [-0.05, 0) is 19.4 Å². The van der Waals surface area contributed by atoms with E-state index in [0.717, 1.165) is 5.56 Å². The van der Waals surface area contributed by atoms with E-state index >= 15 is 0 Å². The van der Waals surface area contributed by atoms with Crippen LogP contribution in [0, 0.1) is 12.8 Å². The molecule has 1 N–H and O–H groups in total. The van der Waals surface area contributed by atoms with Crippen molar-refractivity contribution in [3.05, 3.63) is 35.4 Å². The summed E-state index contributed by atoms with van der Waals surface area (Å²) in [5, 5.41) is 2.95. The standard InChI is InChI=1S/C13H18ClNO/c1-9-5-4-6-12(7-9)11(3)15-13(16)10(2)8-14/h4-7,10-11H,8H2,1-3H3,(H,15,16)/t10?,11-/m1/s1. The van der Waals surface area contributed by atoms with Crippen molar-refractivity contribution in [2.24, 2.45) is 5.92 Å². The molecular weight excluding hydrogens is 222 g/mol. The van der Waals surface area contributed by atoms with E-state index in [1.165, 1.54) is 5.56 Å². The second-order valence-electron chi connectivity index (χ2n) is 4.20. The van der Waals surface area contributed by atoms with E-state index in [1.54, 1.807) is 0 Å². The van der Waals surface area contributed by atoms with Crippen LogP contribution in [0.3, 0.4) is 0 Å². The average molecular weight is 240 g/mol. The molecule has 16 heavy (non-hydrogen) atoms. The summed E-state index contributed by atoms with van der Waals surface area (Å²) in [6.45, 7) is 5.85. The molecule has 1 amide bonds. The second-order valence-corrected chi connectivity index (χ2v) is 4.51. The summed E-state index contributed by atoms with van der Waals surface area (Å²) < 4.78 is 0. The second kappa shape index (κ2) is 5.90. The van der Waals surface area contributed by atoms with Crippen LogP contribution in [0.25, 0.3) is 0 Å². The Morgan fingerprint density at radius 1 is 1.44 bits per heavy atom. The van der Waals surface area contributed by atoms with Crippen LogP contribution in [-0.2, 0) is 4.79 Å². The zero-order valence-electron chi connectivity index (χ0n) is 9.96.